The number of likely N-dealkylation sites (tertiary alicyclic amines) is 1. The second kappa shape index (κ2) is 8.15. The maximum absolute atomic E-state index is 12.6. The minimum absolute atomic E-state index is 0.0502. The number of rotatable bonds is 5. The minimum Gasteiger partial charge on any atom is -0.381 e. The third kappa shape index (κ3) is 4.00. The van der Waals surface area contributed by atoms with Crippen LogP contribution in [0.1, 0.15) is 31.7 Å². The molecule has 1 N–H and O–H groups in total. The summed E-state index contributed by atoms with van der Waals surface area (Å²) in [7, 11) is 0. The summed E-state index contributed by atoms with van der Waals surface area (Å²) in [5, 5.41) is 4.28. The molecule has 1 atom stereocenters. The number of carbonyl (C=O) groups excluding carboxylic acids is 2. The molecule has 142 valence electrons. The number of carbonyl (C=O) groups is 2. The number of ether oxygens (including phenoxy) is 1. The second-order valence-electron chi connectivity index (χ2n) is 7.07. The van der Waals surface area contributed by atoms with E-state index in [1.807, 2.05) is 19.1 Å². The van der Waals surface area contributed by atoms with Crippen molar-refractivity contribution in [3.8, 4) is 0 Å². The van der Waals surface area contributed by atoms with Gasteiger partial charge >= 0.3 is 0 Å². The molecule has 0 aliphatic carbocycles. The molecule has 0 unspecified atom stereocenters. The number of hydrogen-bond acceptors (Lipinski definition) is 3. The summed E-state index contributed by atoms with van der Waals surface area (Å²) in [6, 6.07) is 5.52. The third-order valence-corrected chi connectivity index (χ3v) is 6.07. The summed E-state index contributed by atoms with van der Waals surface area (Å²) in [4.78, 5) is 26.2. The SMILES string of the molecule is CCN1C[C@@H](C(=O)NCC2(c3ccc(Cl)cc3Cl)CCOCC2)CC1=O. The van der Waals surface area contributed by atoms with Crippen LogP contribution in [0.25, 0.3) is 0 Å². The van der Waals surface area contributed by atoms with Gasteiger partial charge in [-0.15, -0.1) is 0 Å². The number of amides is 2. The van der Waals surface area contributed by atoms with Crippen molar-refractivity contribution >= 4 is 35.0 Å². The summed E-state index contributed by atoms with van der Waals surface area (Å²) < 4.78 is 5.53. The lowest BCUT2D eigenvalue weighted by atomic mass is 9.74. The van der Waals surface area contributed by atoms with E-state index in [2.05, 4.69) is 5.32 Å². The van der Waals surface area contributed by atoms with Gasteiger partial charge in [0.05, 0.1) is 5.92 Å². The molecule has 0 bridgehead atoms. The van der Waals surface area contributed by atoms with E-state index in [1.54, 1.807) is 11.0 Å². The van der Waals surface area contributed by atoms with E-state index in [0.29, 0.717) is 42.9 Å². The molecular formula is C19H24Cl2N2O3. The van der Waals surface area contributed by atoms with Crippen molar-refractivity contribution in [2.24, 2.45) is 5.92 Å². The van der Waals surface area contributed by atoms with E-state index in [-0.39, 0.29) is 29.6 Å². The number of hydrogen-bond donors (Lipinski definition) is 1. The van der Waals surface area contributed by atoms with Gasteiger partial charge in [-0.1, -0.05) is 29.3 Å². The second-order valence-corrected chi connectivity index (χ2v) is 7.91. The first-order chi connectivity index (χ1) is 12.4. The Balaban J connectivity index is 1.73. The van der Waals surface area contributed by atoms with Crippen molar-refractivity contribution in [2.45, 2.75) is 31.6 Å². The lowest BCUT2D eigenvalue weighted by Crippen LogP contribution is -2.46. The first kappa shape index (κ1) is 19.5. The highest BCUT2D eigenvalue weighted by atomic mass is 35.5. The number of halogens is 2. The summed E-state index contributed by atoms with van der Waals surface area (Å²) in [6.45, 7) is 4.80. The molecule has 1 aromatic carbocycles. The molecule has 1 aromatic rings. The fourth-order valence-electron chi connectivity index (χ4n) is 3.88. The maximum Gasteiger partial charge on any atom is 0.225 e. The molecular weight excluding hydrogens is 375 g/mol. The maximum atomic E-state index is 12.6. The summed E-state index contributed by atoms with van der Waals surface area (Å²) in [6.07, 6.45) is 1.84. The quantitative estimate of drug-likeness (QED) is 0.828. The fourth-order valence-corrected chi connectivity index (χ4v) is 4.49. The van der Waals surface area contributed by atoms with Crippen LogP contribution >= 0.6 is 23.2 Å². The summed E-state index contributed by atoms with van der Waals surface area (Å²) in [5.41, 5.74) is 0.715. The normalized spacial score (nSPS) is 22.5. The fraction of sp³-hybridized carbons (Fsp3) is 0.579. The molecule has 2 amide bonds. The van der Waals surface area contributed by atoms with Crippen LogP contribution < -0.4 is 5.32 Å². The molecule has 2 heterocycles. The molecule has 0 spiro atoms. The Bertz CT molecular complexity index is 689. The van der Waals surface area contributed by atoms with Crippen molar-refractivity contribution < 1.29 is 14.3 Å². The van der Waals surface area contributed by atoms with Gasteiger partial charge in [0, 0.05) is 54.7 Å². The number of nitrogens with zero attached hydrogens (tertiary/aromatic N) is 1. The number of nitrogens with one attached hydrogen (secondary N) is 1. The highest BCUT2D eigenvalue weighted by Crippen LogP contribution is 2.39. The van der Waals surface area contributed by atoms with Crippen LogP contribution in [0, 0.1) is 5.92 Å². The van der Waals surface area contributed by atoms with Gasteiger partial charge in [-0.25, -0.2) is 0 Å². The van der Waals surface area contributed by atoms with Crippen LogP contribution in [0.3, 0.4) is 0 Å². The van der Waals surface area contributed by atoms with Crippen molar-refractivity contribution in [1.82, 2.24) is 10.2 Å². The smallest absolute Gasteiger partial charge is 0.225 e. The molecule has 7 heteroatoms. The van der Waals surface area contributed by atoms with Gasteiger partial charge in [0.2, 0.25) is 11.8 Å². The Kier molecular flexibility index (Phi) is 6.10. The lowest BCUT2D eigenvalue weighted by molar-refractivity contribution is -0.129. The van der Waals surface area contributed by atoms with Gasteiger partial charge in [0.1, 0.15) is 0 Å². The van der Waals surface area contributed by atoms with E-state index in [9.17, 15) is 9.59 Å². The average molecular weight is 399 g/mol. The van der Waals surface area contributed by atoms with Crippen LogP contribution in [0.15, 0.2) is 18.2 Å². The van der Waals surface area contributed by atoms with E-state index >= 15 is 0 Å². The molecule has 0 radical (unpaired) electrons. The topological polar surface area (TPSA) is 58.6 Å². The van der Waals surface area contributed by atoms with Crippen LogP contribution in [0.5, 0.6) is 0 Å². The van der Waals surface area contributed by atoms with Gasteiger partial charge < -0.3 is 15.0 Å². The van der Waals surface area contributed by atoms with E-state index < -0.39 is 0 Å². The first-order valence-corrected chi connectivity index (χ1v) is 9.79. The number of benzene rings is 1. The minimum atomic E-state index is -0.278. The van der Waals surface area contributed by atoms with Gasteiger partial charge in [-0.3, -0.25) is 9.59 Å². The average Bonchev–Trinajstić information content (AvgIpc) is 3.01. The van der Waals surface area contributed by atoms with E-state index in [1.165, 1.54) is 0 Å². The van der Waals surface area contributed by atoms with E-state index in [0.717, 1.165) is 18.4 Å². The van der Waals surface area contributed by atoms with Crippen molar-refractivity contribution in [2.75, 3.05) is 32.8 Å². The van der Waals surface area contributed by atoms with Crippen LogP contribution in [0.4, 0.5) is 0 Å². The Hall–Kier alpha value is -1.30. The summed E-state index contributed by atoms with van der Waals surface area (Å²) >= 11 is 12.5. The van der Waals surface area contributed by atoms with Gasteiger partial charge in [0.15, 0.2) is 0 Å². The highest BCUT2D eigenvalue weighted by molar-refractivity contribution is 6.35. The third-order valence-electron chi connectivity index (χ3n) is 5.52. The molecule has 2 aliphatic heterocycles. The zero-order valence-electron chi connectivity index (χ0n) is 14.9. The molecule has 2 aliphatic rings. The van der Waals surface area contributed by atoms with Crippen molar-refractivity contribution in [3.05, 3.63) is 33.8 Å². The van der Waals surface area contributed by atoms with Gasteiger partial charge in [-0.2, -0.15) is 0 Å². The van der Waals surface area contributed by atoms with Crippen LogP contribution in [-0.4, -0.2) is 49.6 Å². The first-order valence-electron chi connectivity index (χ1n) is 9.04. The molecule has 0 saturated carbocycles. The molecule has 26 heavy (non-hydrogen) atoms. The standard InChI is InChI=1S/C19H24Cl2N2O3/c1-2-23-11-13(9-17(23)24)18(25)22-12-19(5-7-26-8-6-19)15-4-3-14(20)10-16(15)21/h3-4,10,13H,2,5-9,11-12H2,1H3,(H,22,25)/t13-/m0/s1. The Morgan fingerprint density at radius 3 is 2.69 bits per heavy atom. The zero-order chi connectivity index (χ0) is 18.7. The van der Waals surface area contributed by atoms with Crippen molar-refractivity contribution in [1.29, 1.82) is 0 Å². The summed E-state index contributed by atoms with van der Waals surface area (Å²) in [5.74, 6) is -0.292. The molecule has 0 aromatic heterocycles. The van der Waals surface area contributed by atoms with E-state index in [4.69, 9.17) is 27.9 Å². The lowest BCUT2D eigenvalue weighted by Gasteiger charge is -2.38. The molecule has 5 nitrogen and oxygen atoms in total. The molecule has 3 rings (SSSR count). The zero-order valence-corrected chi connectivity index (χ0v) is 16.4. The van der Waals surface area contributed by atoms with Gasteiger partial charge in [0.25, 0.3) is 0 Å². The Morgan fingerprint density at radius 1 is 1.35 bits per heavy atom. The monoisotopic (exact) mass is 398 g/mol. The predicted molar refractivity (Wildman–Crippen MR) is 102 cm³/mol. The van der Waals surface area contributed by atoms with Gasteiger partial charge in [-0.05, 0) is 37.5 Å². The van der Waals surface area contributed by atoms with Crippen LogP contribution in [-0.2, 0) is 19.7 Å². The molecule has 2 fully saturated rings. The Labute approximate surface area is 164 Å². The van der Waals surface area contributed by atoms with Crippen molar-refractivity contribution in [3.63, 3.8) is 0 Å². The van der Waals surface area contributed by atoms with Crippen LogP contribution in [0.2, 0.25) is 10.0 Å². The highest BCUT2D eigenvalue weighted by Gasteiger charge is 2.38. The molecule has 2 saturated heterocycles. The Morgan fingerprint density at radius 2 is 2.08 bits per heavy atom. The predicted octanol–water partition coefficient (Wildman–Crippen LogP) is 3.03. The largest absolute Gasteiger partial charge is 0.381 e.